The summed E-state index contributed by atoms with van der Waals surface area (Å²) in [6.07, 6.45) is 5.51. The van der Waals surface area contributed by atoms with Crippen LogP contribution in [0.25, 0.3) is 5.69 Å². The average molecular weight is 279 g/mol. The van der Waals surface area contributed by atoms with Crippen LogP contribution in [0.5, 0.6) is 0 Å². The molecule has 0 spiro atoms. The first kappa shape index (κ1) is 13.5. The Morgan fingerprint density at radius 3 is 2.62 bits per heavy atom. The molecule has 0 aliphatic heterocycles. The molecule has 0 amide bonds. The van der Waals surface area contributed by atoms with Crippen molar-refractivity contribution in [2.24, 2.45) is 0 Å². The maximum Gasteiger partial charge on any atom is 0.0861 e. The second kappa shape index (κ2) is 5.85. The average Bonchev–Trinajstić information content (AvgIpc) is 2.98. The van der Waals surface area contributed by atoms with Crippen molar-refractivity contribution in [2.45, 2.75) is 13.0 Å². The van der Waals surface area contributed by atoms with E-state index >= 15 is 0 Å². The minimum absolute atomic E-state index is 0.00685. The van der Waals surface area contributed by atoms with Crippen molar-refractivity contribution in [3.8, 4) is 5.69 Å². The third-order valence-corrected chi connectivity index (χ3v) is 3.39. The van der Waals surface area contributed by atoms with Crippen LogP contribution in [0, 0.1) is 6.92 Å². The number of pyridine rings is 1. The normalized spacial score (nSPS) is 12.3. The highest BCUT2D eigenvalue weighted by Crippen LogP contribution is 2.23. The van der Waals surface area contributed by atoms with Gasteiger partial charge in [0.2, 0.25) is 0 Å². The van der Waals surface area contributed by atoms with E-state index in [0.717, 1.165) is 22.5 Å². The monoisotopic (exact) mass is 279 g/mol. The SMILES string of the molecule is CNC(c1cncc(C)c1)c1cnnn1-c1ccccc1. The predicted molar refractivity (Wildman–Crippen MR) is 81.2 cm³/mol. The number of rotatable bonds is 4. The quantitative estimate of drug-likeness (QED) is 0.796. The van der Waals surface area contributed by atoms with Gasteiger partial charge in [-0.25, -0.2) is 4.68 Å². The van der Waals surface area contributed by atoms with E-state index in [2.05, 4.69) is 26.7 Å². The van der Waals surface area contributed by atoms with Crippen molar-refractivity contribution in [3.05, 3.63) is 71.8 Å². The van der Waals surface area contributed by atoms with Crippen molar-refractivity contribution in [1.29, 1.82) is 0 Å². The van der Waals surface area contributed by atoms with E-state index in [4.69, 9.17) is 0 Å². The third-order valence-electron chi connectivity index (χ3n) is 3.39. The molecule has 1 aromatic carbocycles. The zero-order chi connectivity index (χ0) is 14.7. The summed E-state index contributed by atoms with van der Waals surface area (Å²) in [6.45, 7) is 2.04. The maximum absolute atomic E-state index is 4.28. The topological polar surface area (TPSA) is 55.6 Å². The van der Waals surface area contributed by atoms with Gasteiger partial charge in [-0.05, 0) is 37.2 Å². The molecule has 2 aromatic heterocycles. The molecule has 0 radical (unpaired) electrons. The maximum atomic E-state index is 4.28. The third kappa shape index (κ3) is 2.68. The number of benzene rings is 1. The zero-order valence-corrected chi connectivity index (χ0v) is 12.1. The largest absolute Gasteiger partial charge is 0.308 e. The fourth-order valence-electron chi connectivity index (χ4n) is 2.43. The molecule has 3 aromatic rings. The van der Waals surface area contributed by atoms with E-state index in [0.29, 0.717) is 0 Å². The van der Waals surface area contributed by atoms with Gasteiger partial charge in [0.05, 0.1) is 23.6 Å². The number of nitrogens with one attached hydrogen (secondary N) is 1. The summed E-state index contributed by atoms with van der Waals surface area (Å²) in [7, 11) is 1.93. The Morgan fingerprint density at radius 2 is 1.90 bits per heavy atom. The molecule has 0 saturated heterocycles. The van der Waals surface area contributed by atoms with Gasteiger partial charge in [0, 0.05) is 12.4 Å². The van der Waals surface area contributed by atoms with Gasteiger partial charge in [0.25, 0.3) is 0 Å². The van der Waals surface area contributed by atoms with Gasteiger partial charge < -0.3 is 5.32 Å². The van der Waals surface area contributed by atoms with E-state index in [9.17, 15) is 0 Å². The minimum Gasteiger partial charge on any atom is -0.308 e. The lowest BCUT2D eigenvalue weighted by atomic mass is 10.0. The summed E-state index contributed by atoms with van der Waals surface area (Å²) >= 11 is 0. The molecule has 5 heteroatoms. The van der Waals surface area contributed by atoms with Crippen LogP contribution in [0.4, 0.5) is 0 Å². The number of nitrogens with zero attached hydrogens (tertiary/aromatic N) is 4. The Labute approximate surface area is 123 Å². The molecule has 0 aliphatic carbocycles. The summed E-state index contributed by atoms with van der Waals surface area (Å²) in [4.78, 5) is 4.28. The van der Waals surface area contributed by atoms with Crippen molar-refractivity contribution >= 4 is 0 Å². The Hall–Kier alpha value is -2.53. The molecule has 5 nitrogen and oxygen atoms in total. The summed E-state index contributed by atoms with van der Waals surface area (Å²) in [6, 6.07) is 12.1. The highest BCUT2D eigenvalue weighted by Gasteiger charge is 2.18. The summed E-state index contributed by atoms with van der Waals surface area (Å²) < 4.78 is 1.85. The van der Waals surface area contributed by atoms with E-state index in [-0.39, 0.29) is 6.04 Å². The number of para-hydroxylation sites is 1. The van der Waals surface area contributed by atoms with E-state index in [1.54, 1.807) is 6.20 Å². The summed E-state index contributed by atoms with van der Waals surface area (Å²) in [5.74, 6) is 0. The van der Waals surface area contributed by atoms with Gasteiger partial charge in [-0.1, -0.05) is 29.5 Å². The van der Waals surface area contributed by atoms with Crippen LogP contribution in [0.15, 0.2) is 55.0 Å². The standard InChI is InChI=1S/C16H17N5/c1-12-8-13(10-18-9-12)16(17-2)15-11-19-20-21(15)14-6-4-3-5-7-14/h3-11,16-17H,1-2H3. The fraction of sp³-hybridized carbons (Fsp3) is 0.188. The van der Waals surface area contributed by atoms with E-state index in [1.165, 1.54) is 0 Å². The molecule has 106 valence electrons. The first-order chi connectivity index (χ1) is 10.3. The zero-order valence-electron chi connectivity index (χ0n) is 12.1. The molecule has 0 fully saturated rings. The van der Waals surface area contributed by atoms with E-state index in [1.807, 2.05) is 61.4 Å². The molecule has 0 aliphatic rings. The Morgan fingerprint density at radius 1 is 1.10 bits per heavy atom. The molecule has 0 bridgehead atoms. The van der Waals surface area contributed by atoms with Gasteiger partial charge in [0.1, 0.15) is 0 Å². The smallest absolute Gasteiger partial charge is 0.0861 e. The van der Waals surface area contributed by atoms with Crippen LogP contribution < -0.4 is 5.32 Å². The Bertz CT molecular complexity index is 720. The molecule has 1 unspecified atom stereocenters. The number of aryl methyl sites for hydroxylation is 1. The number of aromatic nitrogens is 4. The number of hydrogen-bond acceptors (Lipinski definition) is 4. The lowest BCUT2D eigenvalue weighted by Gasteiger charge is -2.17. The van der Waals surface area contributed by atoms with Crippen LogP contribution >= 0.6 is 0 Å². The van der Waals surface area contributed by atoms with Gasteiger partial charge >= 0.3 is 0 Å². The highest BCUT2D eigenvalue weighted by molar-refractivity contribution is 5.35. The van der Waals surface area contributed by atoms with Gasteiger partial charge in [-0.2, -0.15) is 0 Å². The van der Waals surface area contributed by atoms with Crippen LogP contribution in [0.2, 0.25) is 0 Å². The van der Waals surface area contributed by atoms with Crippen LogP contribution in [-0.4, -0.2) is 27.0 Å². The van der Waals surface area contributed by atoms with Crippen molar-refractivity contribution in [1.82, 2.24) is 25.3 Å². The molecular weight excluding hydrogens is 262 g/mol. The lowest BCUT2D eigenvalue weighted by Crippen LogP contribution is -2.21. The molecular formula is C16H17N5. The lowest BCUT2D eigenvalue weighted by molar-refractivity contribution is 0.631. The van der Waals surface area contributed by atoms with E-state index < -0.39 is 0 Å². The first-order valence-corrected chi connectivity index (χ1v) is 6.84. The van der Waals surface area contributed by atoms with Gasteiger partial charge in [0.15, 0.2) is 0 Å². The van der Waals surface area contributed by atoms with Crippen molar-refractivity contribution in [3.63, 3.8) is 0 Å². The fourth-order valence-corrected chi connectivity index (χ4v) is 2.43. The molecule has 0 saturated carbocycles. The second-order valence-corrected chi connectivity index (χ2v) is 4.92. The van der Waals surface area contributed by atoms with Crippen LogP contribution in [-0.2, 0) is 0 Å². The first-order valence-electron chi connectivity index (χ1n) is 6.84. The highest BCUT2D eigenvalue weighted by atomic mass is 15.4. The number of hydrogen-bond donors (Lipinski definition) is 1. The van der Waals surface area contributed by atoms with Crippen LogP contribution in [0.1, 0.15) is 22.9 Å². The second-order valence-electron chi connectivity index (χ2n) is 4.92. The Balaban J connectivity index is 2.05. The van der Waals surface area contributed by atoms with Crippen molar-refractivity contribution < 1.29 is 0 Å². The molecule has 1 atom stereocenters. The van der Waals surface area contributed by atoms with Crippen molar-refractivity contribution in [2.75, 3.05) is 7.05 Å². The van der Waals surface area contributed by atoms with Crippen LogP contribution in [0.3, 0.4) is 0 Å². The predicted octanol–water partition coefficient (Wildman–Crippen LogP) is 2.28. The summed E-state index contributed by atoms with van der Waals surface area (Å²) in [5.41, 5.74) is 4.20. The molecule has 1 N–H and O–H groups in total. The summed E-state index contributed by atoms with van der Waals surface area (Å²) in [5, 5.41) is 11.6. The van der Waals surface area contributed by atoms with Gasteiger partial charge in [-0.15, -0.1) is 5.10 Å². The minimum atomic E-state index is -0.00685. The Kier molecular flexibility index (Phi) is 3.75. The molecule has 21 heavy (non-hydrogen) atoms. The molecule has 3 rings (SSSR count). The molecule has 2 heterocycles. The van der Waals surface area contributed by atoms with Gasteiger partial charge in [-0.3, -0.25) is 4.98 Å².